The summed E-state index contributed by atoms with van der Waals surface area (Å²) in [6.07, 6.45) is 0. The zero-order valence-electron chi connectivity index (χ0n) is 9.28. The summed E-state index contributed by atoms with van der Waals surface area (Å²) in [5.74, 6) is -1.73. The minimum Gasteiger partial charge on any atom is -0.491 e. The number of primary amides is 1. The number of carbonyl (C=O) groups is 2. The van der Waals surface area contributed by atoms with Gasteiger partial charge in [0, 0.05) is 5.56 Å². The summed E-state index contributed by atoms with van der Waals surface area (Å²) in [6, 6.07) is 8.51. The zero-order valence-corrected chi connectivity index (χ0v) is 9.28. The van der Waals surface area contributed by atoms with Crippen molar-refractivity contribution in [3.63, 3.8) is 0 Å². The maximum absolute atomic E-state index is 11.9. The number of Topliss-reactive ketones (excluding diaryl/α,β-unsaturated/α-hetero) is 1. The number of hydrogen-bond donors (Lipinski definition) is 2. The van der Waals surface area contributed by atoms with E-state index in [4.69, 9.17) is 5.73 Å². The van der Waals surface area contributed by atoms with Crippen molar-refractivity contribution < 1.29 is 14.7 Å². The molecule has 2 rings (SSSR count). The molecule has 92 valence electrons. The Labute approximate surface area is 102 Å². The Balaban J connectivity index is 2.25. The largest absolute Gasteiger partial charge is 0.491 e. The standard InChI is InChI=1S/C11H10N4O3/c12-10(17)9-11(18)13-14-15(9)6-8(16)7-4-2-1-3-5-7/h1-5,18H,6H2,(H2,12,17). The summed E-state index contributed by atoms with van der Waals surface area (Å²) in [4.78, 5) is 22.9. The second kappa shape index (κ2) is 4.66. The molecule has 0 aliphatic heterocycles. The summed E-state index contributed by atoms with van der Waals surface area (Å²) >= 11 is 0. The van der Waals surface area contributed by atoms with Gasteiger partial charge in [0.15, 0.2) is 11.5 Å². The number of hydrogen-bond acceptors (Lipinski definition) is 5. The van der Waals surface area contributed by atoms with Crippen LogP contribution >= 0.6 is 0 Å². The third kappa shape index (κ3) is 2.19. The van der Waals surface area contributed by atoms with Gasteiger partial charge in [0.25, 0.3) is 11.8 Å². The van der Waals surface area contributed by atoms with Crippen LogP contribution in [-0.2, 0) is 6.54 Å². The molecule has 18 heavy (non-hydrogen) atoms. The van der Waals surface area contributed by atoms with Gasteiger partial charge in [0.2, 0.25) is 0 Å². The first kappa shape index (κ1) is 11.8. The number of rotatable bonds is 4. The maximum atomic E-state index is 11.9. The van der Waals surface area contributed by atoms with Gasteiger partial charge in [0.1, 0.15) is 6.54 Å². The van der Waals surface area contributed by atoms with Crippen LogP contribution in [0.5, 0.6) is 5.88 Å². The number of ketones is 1. The van der Waals surface area contributed by atoms with E-state index < -0.39 is 11.8 Å². The van der Waals surface area contributed by atoms with E-state index in [-0.39, 0.29) is 18.0 Å². The third-order valence-electron chi connectivity index (χ3n) is 2.34. The molecule has 0 aliphatic carbocycles. The van der Waals surface area contributed by atoms with Gasteiger partial charge in [-0.25, -0.2) is 4.68 Å². The molecule has 0 unspecified atom stereocenters. The van der Waals surface area contributed by atoms with Crippen LogP contribution in [0.2, 0.25) is 0 Å². The van der Waals surface area contributed by atoms with Crippen molar-refractivity contribution in [2.75, 3.05) is 0 Å². The Hall–Kier alpha value is -2.70. The van der Waals surface area contributed by atoms with Crippen molar-refractivity contribution in [2.24, 2.45) is 5.73 Å². The molecular weight excluding hydrogens is 236 g/mol. The Bertz CT molecular complexity index is 592. The summed E-state index contributed by atoms with van der Waals surface area (Å²) in [7, 11) is 0. The normalized spacial score (nSPS) is 10.2. The van der Waals surface area contributed by atoms with E-state index in [2.05, 4.69) is 10.3 Å². The van der Waals surface area contributed by atoms with Gasteiger partial charge in [-0.3, -0.25) is 9.59 Å². The molecule has 1 amide bonds. The Morgan fingerprint density at radius 3 is 2.56 bits per heavy atom. The monoisotopic (exact) mass is 246 g/mol. The van der Waals surface area contributed by atoms with Gasteiger partial charge in [-0.1, -0.05) is 40.6 Å². The lowest BCUT2D eigenvalue weighted by Crippen LogP contribution is -2.21. The fourth-order valence-electron chi connectivity index (χ4n) is 1.50. The first-order valence-corrected chi connectivity index (χ1v) is 5.10. The predicted octanol–water partition coefficient (Wildman–Crippen LogP) is -0.0345. The van der Waals surface area contributed by atoms with E-state index >= 15 is 0 Å². The number of nitrogens with two attached hydrogens (primary N) is 1. The molecule has 0 saturated heterocycles. The molecule has 3 N–H and O–H groups in total. The van der Waals surface area contributed by atoms with Gasteiger partial charge in [-0.2, -0.15) is 0 Å². The Morgan fingerprint density at radius 1 is 1.28 bits per heavy atom. The van der Waals surface area contributed by atoms with Crippen LogP contribution in [-0.4, -0.2) is 31.8 Å². The quantitative estimate of drug-likeness (QED) is 0.735. The first-order chi connectivity index (χ1) is 8.59. The Morgan fingerprint density at radius 2 is 1.94 bits per heavy atom. The lowest BCUT2D eigenvalue weighted by atomic mass is 10.1. The van der Waals surface area contributed by atoms with Crippen LogP contribution < -0.4 is 5.73 Å². The summed E-state index contributed by atoms with van der Waals surface area (Å²) < 4.78 is 0.979. The van der Waals surface area contributed by atoms with Crippen LogP contribution in [0.15, 0.2) is 30.3 Å². The topological polar surface area (TPSA) is 111 Å². The fourth-order valence-corrected chi connectivity index (χ4v) is 1.50. The lowest BCUT2D eigenvalue weighted by molar-refractivity contribution is 0.0956. The molecule has 1 heterocycles. The first-order valence-electron chi connectivity index (χ1n) is 5.10. The minimum atomic E-state index is -0.890. The SMILES string of the molecule is NC(=O)c1c(O)nnn1CC(=O)c1ccccc1. The highest BCUT2D eigenvalue weighted by Gasteiger charge is 2.19. The third-order valence-corrected chi connectivity index (χ3v) is 2.34. The second-order valence-electron chi connectivity index (χ2n) is 3.57. The van der Waals surface area contributed by atoms with Crippen molar-refractivity contribution in [2.45, 2.75) is 6.54 Å². The smallest absolute Gasteiger partial charge is 0.272 e. The van der Waals surface area contributed by atoms with Crippen molar-refractivity contribution in [3.8, 4) is 5.88 Å². The number of benzene rings is 1. The summed E-state index contributed by atoms with van der Waals surface area (Å²) in [6.45, 7) is -0.212. The molecule has 0 saturated carbocycles. The fraction of sp³-hybridized carbons (Fsp3) is 0.0909. The average Bonchev–Trinajstić information content (AvgIpc) is 2.71. The van der Waals surface area contributed by atoms with Gasteiger partial charge in [0.05, 0.1) is 0 Å². The molecule has 2 aromatic rings. The van der Waals surface area contributed by atoms with Crippen LogP contribution in [0.25, 0.3) is 0 Å². The van der Waals surface area contributed by atoms with E-state index in [1.807, 2.05) is 0 Å². The van der Waals surface area contributed by atoms with Crippen LogP contribution in [0.3, 0.4) is 0 Å². The molecule has 0 spiro atoms. The average molecular weight is 246 g/mol. The minimum absolute atomic E-state index is 0.212. The molecule has 7 heteroatoms. The summed E-state index contributed by atoms with van der Waals surface area (Å²) in [5.41, 5.74) is 5.26. The number of aromatic hydroxyl groups is 1. The van der Waals surface area contributed by atoms with E-state index in [9.17, 15) is 14.7 Å². The van der Waals surface area contributed by atoms with E-state index in [1.54, 1.807) is 30.3 Å². The predicted molar refractivity (Wildman–Crippen MR) is 61.0 cm³/mol. The van der Waals surface area contributed by atoms with E-state index in [1.165, 1.54) is 0 Å². The van der Waals surface area contributed by atoms with Crippen molar-refractivity contribution in [3.05, 3.63) is 41.6 Å². The molecule has 0 bridgehead atoms. The van der Waals surface area contributed by atoms with Gasteiger partial charge < -0.3 is 10.8 Å². The molecule has 0 atom stereocenters. The van der Waals surface area contributed by atoms with Crippen LogP contribution in [0.4, 0.5) is 0 Å². The van der Waals surface area contributed by atoms with Crippen LogP contribution in [0, 0.1) is 0 Å². The second-order valence-corrected chi connectivity index (χ2v) is 3.57. The van der Waals surface area contributed by atoms with E-state index in [0.717, 1.165) is 4.68 Å². The number of amides is 1. The Kier molecular flexibility index (Phi) is 3.05. The van der Waals surface area contributed by atoms with Gasteiger partial charge in [-0.05, 0) is 0 Å². The highest BCUT2D eigenvalue weighted by atomic mass is 16.3. The van der Waals surface area contributed by atoms with Crippen molar-refractivity contribution in [1.29, 1.82) is 0 Å². The van der Waals surface area contributed by atoms with E-state index in [0.29, 0.717) is 5.56 Å². The molecule has 0 fully saturated rings. The van der Waals surface area contributed by atoms with Gasteiger partial charge >= 0.3 is 0 Å². The molecule has 7 nitrogen and oxygen atoms in total. The zero-order chi connectivity index (χ0) is 13.1. The van der Waals surface area contributed by atoms with Gasteiger partial charge in [-0.15, -0.1) is 0 Å². The number of aromatic nitrogens is 3. The van der Waals surface area contributed by atoms with Crippen molar-refractivity contribution in [1.82, 2.24) is 15.0 Å². The highest BCUT2D eigenvalue weighted by Crippen LogP contribution is 2.12. The molecule has 0 radical (unpaired) electrons. The summed E-state index contributed by atoms with van der Waals surface area (Å²) in [5, 5.41) is 16.1. The molecule has 1 aromatic carbocycles. The highest BCUT2D eigenvalue weighted by molar-refractivity contribution is 5.97. The number of nitrogens with zero attached hydrogens (tertiary/aromatic N) is 3. The molecule has 1 aromatic heterocycles. The molecular formula is C11H10N4O3. The maximum Gasteiger partial charge on any atom is 0.272 e. The molecule has 0 aliphatic rings. The number of carbonyl (C=O) groups excluding carboxylic acids is 2. The van der Waals surface area contributed by atoms with Crippen LogP contribution in [0.1, 0.15) is 20.8 Å². The van der Waals surface area contributed by atoms with Crippen molar-refractivity contribution >= 4 is 11.7 Å². The lowest BCUT2D eigenvalue weighted by Gasteiger charge is -2.03.